The van der Waals surface area contributed by atoms with Crippen molar-refractivity contribution in [2.75, 3.05) is 33.0 Å². The number of ether oxygens (including phenoxy) is 1. The summed E-state index contributed by atoms with van der Waals surface area (Å²) in [5.74, 6) is -1.33. The Balaban J connectivity index is 3.12. The van der Waals surface area contributed by atoms with Crippen LogP contribution >= 0.6 is 0 Å². The molecule has 0 radical (unpaired) electrons. The lowest BCUT2D eigenvalue weighted by atomic mass is 10.2. The number of nitrogens with two attached hydrogens (primary N) is 1. The number of sulfonamides is 1. The standard InChI is InChI=1S/C12H18N2O5S/c1-14(6-3-7-19-2)20(17,18)11-5-4-9(13)8-10(11)12(15)16/h4-5,8H,3,6-7,13H2,1-2H3,(H,15,16). The number of benzene rings is 1. The van der Waals surface area contributed by atoms with Crippen LogP contribution in [0.3, 0.4) is 0 Å². The minimum absolute atomic E-state index is 0.198. The second kappa shape index (κ2) is 6.69. The van der Waals surface area contributed by atoms with Crippen LogP contribution in [0.4, 0.5) is 5.69 Å². The minimum Gasteiger partial charge on any atom is -0.478 e. The normalized spacial score (nSPS) is 11.8. The number of carbonyl (C=O) groups is 1. The molecule has 0 spiro atoms. The van der Waals surface area contributed by atoms with Gasteiger partial charge in [-0.05, 0) is 24.6 Å². The van der Waals surface area contributed by atoms with E-state index >= 15 is 0 Å². The van der Waals surface area contributed by atoms with Gasteiger partial charge in [0.25, 0.3) is 0 Å². The summed E-state index contributed by atoms with van der Waals surface area (Å²) in [7, 11) is -0.950. The molecule has 7 nitrogen and oxygen atoms in total. The first-order valence-electron chi connectivity index (χ1n) is 5.88. The van der Waals surface area contributed by atoms with E-state index in [1.54, 1.807) is 0 Å². The Bertz CT molecular complexity index is 586. The van der Waals surface area contributed by atoms with Gasteiger partial charge in [0.2, 0.25) is 10.0 Å². The van der Waals surface area contributed by atoms with Gasteiger partial charge < -0.3 is 15.6 Å². The molecule has 1 aromatic carbocycles. The van der Waals surface area contributed by atoms with Crippen LogP contribution in [0.25, 0.3) is 0 Å². The molecular weight excluding hydrogens is 284 g/mol. The number of hydrogen-bond donors (Lipinski definition) is 2. The first-order chi connectivity index (χ1) is 9.30. The number of anilines is 1. The summed E-state index contributed by atoms with van der Waals surface area (Å²) in [5, 5.41) is 9.09. The minimum atomic E-state index is -3.87. The van der Waals surface area contributed by atoms with Gasteiger partial charge in [0, 0.05) is 33.0 Å². The zero-order valence-corrected chi connectivity index (χ0v) is 12.2. The van der Waals surface area contributed by atoms with Gasteiger partial charge in [-0.25, -0.2) is 17.5 Å². The van der Waals surface area contributed by atoms with Gasteiger partial charge in [0.15, 0.2) is 0 Å². The molecule has 8 heteroatoms. The molecule has 1 rings (SSSR count). The van der Waals surface area contributed by atoms with E-state index in [4.69, 9.17) is 15.6 Å². The first-order valence-corrected chi connectivity index (χ1v) is 7.32. The van der Waals surface area contributed by atoms with Crippen molar-refractivity contribution in [2.45, 2.75) is 11.3 Å². The number of carboxylic acids is 1. The lowest BCUT2D eigenvalue weighted by Crippen LogP contribution is -2.30. The molecule has 0 aliphatic heterocycles. The van der Waals surface area contributed by atoms with Gasteiger partial charge in [-0.15, -0.1) is 0 Å². The molecule has 0 atom stereocenters. The smallest absolute Gasteiger partial charge is 0.337 e. The van der Waals surface area contributed by atoms with Crippen molar-refractivity contribution in [3.8, 4) is 0 Å². The van der Waals surface area contributed by atoms with Gasteiger partial charge in [0.05, 0.1) is 10.5 Å². The van der Waals surface area contributed by atoms with Gasteiger partial charge in [-0.1, -0.05) is 0 Å². The van der Waals surface area contributed by atoms with Crippen LogP contribution in [0.2, 0.25) is 0 Å². The van der Waals surface area contributed by atoms with Crippen LogP contribution in [-0.2, 0) is 14.8 Å². The summed E-state index contributed by atoms with van der Waals surface area (Å²) >= 11 is 0. The van der Waals surface area contributed by atoms with E-state index in [1.807, 2.05) is 0 Å². The zero-order chi connectivity index (χ0) is 15.3. The van der Waals surface area contributed by atoms with Crippen molar-refractivity contribution < 1.29 is 23.1 Å². The third-order valence-corrected chi connectivity index (χ3v) is 4.66. The summed E-state index contributed by atoms with van der Waals surface area (Å²) < 4.78 is 30.6. The van der Waals surface area contributed by atoms with Gasteiger partial charge in [-0.3, -0.25) is 0 Å². The van der Waals surface area contributed by atoms with Crippen LogP contribution in [0.15, 0.2) is 23.1 Å². The average Bonchev–Trinajstić information content (AvgIpc) is 2.38. The Hall–Kier alpha value is -1.64. The molecule has 0 bridgehead atoms. The lowest BCUT2D eigenvalue weighted by molar-refractivity contribution is 0.0692. The summed E-state index contributed by atoms with van der Waals surface area (Å²) in [6.07, 6.45) is 0.517. The van der Waals surface area contributed by atoms with Crippen LogP contribution in [-0.4, -0.2) is 51.1 Å². The number of rotatable bonds is 7. The molecule has 0 aromatic heterocycles. The fourth-order valence-corrected chi connectivity index (χ4v) is 3.03. The molecule has 0 fully saturated rings. The highest BCUT2D eigenvalue weighted by Gasteiger charge is 2.26. The monoisotopic (exact) mass is 302 g/mol. The van der Waals surface area contributed by atoms with Crippen molar-refractivity contribution in [2.24, 2.45) is 0 Å². The van der Waals surface area contributed by atoms with Crippen molar-refractivity contribution in [3.05, 3.63) is 23.8 Å². The van der Waals surface area contributed by atoms with Gasteiger partial charge in [0.1, 0.15) is 0 Å². The van der Waals surface area contributed by atoms with E-state index in [-0.39, 0.29) is 22.7 Å². The van der Waals surface area contributed by atoms with Crippen molar-refractivity contribution >= 4 is 21.7 Å². The number of aromatic carboxylic acids is 1. The summed E-state index contributed by atoms with van der Waals surface area (Å²) in [6, 6.07) is 3.71. The highest BCUT2D eigenvalue weighted by molar-refractivity contribution is 7.89. The Labute approximate surface area is 118 Å². The van der Waals surface area contributed by atoms with Crippen LogP contribution in [0.1, 0.15) is 16.8 Å². The number of hydrogen-bond acceptors (Lipinski definition) is 5. The average molecular weight is 302 g/mol. The predicted molar refractivity (Wildman–Crippen MR) is 74.1 cm³/mol. The van der Waals surface area contributed by atoms with E-state index in [0.29, 0.717) is 13.0 Å². The number of methoxy groups -OCH3 is 1. The molecule has 0 unspecified atom stereocenters. The van der Waals surface area contributed by atoms with Gasteiger partial charge >= 0.3 is 5.97 Å². The topological polar surface area (TPSA) is 110 Å². The largest absolute Gasteiger partial charge is 0.478 e. The fraction of sp³-hybridized carbons (Fsp3) is 0.417. The number of carboxylic acid groups (broad SMARTS) is 1. The molecule has 0 saturated heterocycles. The Morgan fingerprint density at radius 1 is 1.45 bits per heavy atom. The van der Waals surface area contributed by atoms with E-state index in [1.165, 1.54) is 26.3 Å². The Kier molecular flexibility index (Phi) is 5.49. The van der Waals surface area contributed by atoms with Crippen LogP contribution < -0.4 is 5.73 Å². The first kappa shape index (κ1) is 16.4. The second-order valence-corrected chi connectivity index (χ2v) is 6.25. The highest BCUT2D eigenvalue weighted by Crippen LogP contribution is 2.22. The molecule has 1 aromatic rings. The van der Waals surface area contributed by atoms with Crippen molar-refractivity contribution in [3.63, 3.8) is 0 Å². The lowest BCUT2D eigenvalue weighted by Gasteiger charge is -2.18. The summed E-state index contributed by atoms with van der Waals surface area (Å²) in [5.41, 5.74) is 5.36. The third-order valence-electron chi connectivity index (χ3n) is 2.74. The van der Waals surface area contributed by atoms with Crippen molar-refractivity contribution in [1.29, 1.82) is 0 Å². The number of nitrogens with zero attached hydrogens (tertiary/aromatic N) is 1. The van der Waals surface area contributed by atoms with Gasteiger partial charge in [-0.2, -0.15) is 0 Å². The van der Waals surface area contributed by atoms with E-state index in [0.717, 1.165) is 10.4 Å². The van der Waals surface area contributed by atoms with E-state index in [2.05, 4.69) is 0 Å². The summed E-state index contributed by atoms with van der Waals surface area (Å²) in [4.78, 5) is 10.9. The molecule has 0 amide bonds. The summed E-state index contributed by atoms with van der Waals surface area (Å²) in [6.45, 7) is 0.660. The molecule has 0 aliphatic carbocycles. The van der Waals surface area contributed by atoms with Crippen molar-refractivity contribution in [1.82, 2.24) is 4.31 Å². The maximum absolute atomic E-state index is 12.3. The molecule has 112 valence electrons. The fourth-order valence-electron chi connectivity index (χ4n) is 1.66. The Morgan fingerprint density at radius 2 is 2.10 bits per heavy atom. The van der Waals surface area contributed by atoms with Crippen LogP contribution in [0.5, 0.6) is 0 Å². The van der Waals surface area contributed by atoms with E-state index in [9.17, 15) is 13.2 Å². The van der Waals surface area contributed by atoms with Crippen LogP contribution in [0, 0.1) is 0 Å². The molecule has 3 N–H and O–H groups in total. The number of nitrogen functional groups attached to an aromatic ring is 1. The zero-order valence-electron chi connectivity index (χ0n) is 11.4. The highest BCUT2D eigenvalue weighted by atomic mass is 32.2. The molecular formula is C12H18N2O5S. The second-order valence-electron chi connectivity index (χ2n) is 4.23. The SMILES string of the molecule is COCCCN(C)S(=O)(=O)c1ccc(N)cc1C(=O)O. The molecule has 0 aliphatic rings. The Morgan fingerprint density at radius 3 is 2.65 bits per heavy atom. The van der Waals surface area contributed by atoms with E-state index < -0.39 is 16.0 Å². The quantitative estimate of drug-likeness (QED) is 0.564. The molecule has 0 saturated carbocycles. The molecule has 0 heterocycles. The third kappa shape index (κ3) is 3.69. The maximum atomic E-state index is 12.3. The predicted octanol–water partition coefficient (Wildman–Crippen LogP) is 0.624. The maximum Gasteiger partial charge on any atom is 0.337 e. The molecule has 20 heavy (non-hydrogen) atoms.